The van der Waals surface area contributed by atoms with Crippen molar-refractivity contribution in [1.29, 1.82) is 0 Å². The molecule has 1 aromatic rings. The molecule has 0 aliphatic carbocycles. The van der Waals surface area contributed by atoms with E-state index in [2.05, 4.69) is 38.4 Å². The molecule has 1 saturated heterocycles. The summed E-state index contributed by atoms with van der Waals surface area (Å²) in [6, 6.07) is 3.83. The second-order valence-corrected chi connectivity index (χ2v) is 7.71. The summed E-state index contributed by atoms with van der Waals surface area (Å²) in [7, 11) is 0. The first-order valence-corrected chi connectivity index (χ1v) is 9.27. The van der Waals surface area contributed by atoms with E-state index in [1.165, 1.54) is 16.7 Å². The number of thioether (sulfide) groups is 1. The number of nitrogens with zero attached hydrogens (tertiary/aromatic N) is 1. The Morgan fingerprint density at radius 1 is 1.41 bits per heavy atom. The van der Waals surface area contributed by atoms with Crippen LogP contribution in [0.1, 0.15) is 12.5 Å². The Morgan fingerprint density at radius 2 is 2.05 bits per heavy atom. The van der Waals surface area contributed by atoms with E-state index in [4.69, 9.17) is 17.0 Å². The maximum absolute atomic E-state index is 12.3. The third-order valence-electron chi connectivity index (χ3n) is 2.79. The van der Waals surface area contributed by atoms with E-state index in [0.717, 1.165) is 20.3 Å². The standard InChI is InChI=1S/C15H13Br2NO2S2/c1-3-5-18-14(19)12(22-15(18)21)8-9-6-10(16)13(20-4-2)11(17)7-9/h3,6-8H,1,4-5H2,2H3/b12-8+. The van der Waals surface area contributed by atoms with E-state index in [9.17, 15) is 4.79 Å². The normalized spacial score (nSPS) is 16.5. The summed E-state index contributed by atoms with van der Waals surface area (Å²) >= 11 is 13.5. The van der Waals surface area contributed by atoms with Crippen LogP contribution in [0.25, 0.3) is 6.08 Å². The van der Waals surface area contributed by atoms with Crippen LogP contribution in [0.3, 0.4) is 0 Å². The number of halogens is 2. The van der Waals surface area contributed by atoms with Crippen LogP contribution in [-0.2, 0) is 4.79 Å². The summed E-state index contributed by atoms with van der Waals surface area (Å²) in [5.74, 6) is 0.662. The van der Waals surface area contributed by atoms with Crippen molar-refractivity contribution in [1.82, 2.24) is 4.90 Å². The van der Waals surface area contributed by atoms with Gasteiger partial charge in [-0.05, 0) is 62.6 Å². The molecule has 0 aromatic heterocycles. The molecular weight excluding hydrogens is 450 g/mol. The lowest BCUT2D eigenvalue weighted by Gasteiger charge is -2.10. The molecule has 1 aliphatic heterocycles. The number of hydrogen-bond donors (Lipinski definition) is 0. The first-order valence-electron chi connectivity index (χ1n) is 6.46. The molecule has 3 nitrogen and oxygen atoms in total. The fourth-order valence-corrected chi connectivity index (χ4v) is 4.61. The molecule has 1 heterocycles. The summed E-state index contributed by atoms with van der Waals surface area (Å²) in [6.45, 7) is 6.58. The van der Waals surface area contributed by atoms with Gasteiger partial charge < -0.3 is 4.74 Å². The van der Waals surface area contributed by atoms with Gasteiger partial charge in [0.25, 0.3) is 5.91 Å². The molecule has 0 N–H and O–H groups in total. The van der Waals surface area contributed by atoms with Gasteiger partial charge in [0, 0.05) is 6.54 Å². The van der Waals surface area contributed by atoms with E-state index in [1.807, 2.05) is 25.1 Å². The van der Waals surface area contributed by atoms with Gasteiger partial charge in [-0.25, -0.2) is 0 Å². The average molecular weight is 463 g/mol. The van der Waals surface area contributed by atoms with Crippen LogP contribution in [0.5, 0.6) is 5.75 Å². The number of benzene rings is 1. The number of thiocarbonyl (C=S) groups is 1. The van der Waals surface area contributed by atoms with Gasteiger partial charge in [-0.2, -0.15) is 0 Å². The van der Waals surface area contributed by atoms with Gasteiger partial charge in [0.2, 0.25) is 0 Å². The Hall–Kier alpha value is -0.630. The lowest BCUT2D eigenvalue weighted by molar-refractivity contribution is -0.121. The SMILES string of the molecule is C=CCN1C(=O)/C(=C\c2cc(Br)c(OCC)c(Br)c2)SC1=S. The van der Waals surface area contributed by atoms with E-state index in [1.54, 1.807) is 6.08 Å². The van der Waals surface area contributed by atoms with Crippen molar-refractivity contribution in [2.75, 3.05) is 13.2 Å². The van der Waals surface area contributed by atoms with Crippen LogP contribution in [0.4, 0.5) is 0 Å². The van der Waals surface area contributed by atoms with Gasteiger partial charge in [-0.3, -0.25) is 9.69 Å². The molecule has 0 atom stereocenters. The number of ether oxygens (including phenoxy) is 1. The molecule has 1 amide bonds. The number of carbonyl (C=O) groups excluding carboxylic acids is 1. The fraction of sp³-hybridized carbons (Fsp3) is 0.200. The first-order chi connectivity index (χ1) is 10.5. The van der Waals surface area contributed by atoms with Gasteiger partial charge in [0.1, 0.15) is 10.1 Å². The zero-order valence-corrected chi connectivity index (χ0v) is 16.6. The molecule has 0 radical (unpaired) electrons. The van der Waals surface area contributed by atoms with Crippen LogP contribution in [0.2, 0.25) is 0 Å². The first kappa shape index (κ1) is 17.7. The Balaban J connectivity index is 2.32. The van der Waals surface area contributed by atoms with Crippen LogP contribution in [0, 0.1) is 0 Å². The Morgan fingerprint density at radius 3 is 2.59 bits per heavy atom. The molecule has 116 valence electrons. The molecule has 1 aromatic carbocycles. The molecule has 0 saturated carbocycles. The minimum absolute atomic E-state index is 0.0870. The summed E-state index contributed by atoms with van der Waals surface area (Å²) in [5, 5.41) is 0. The summed E-state index contributed by atoms with van der Waals surface area (Å²) in [5.41, 5.74) is 0.890. The van der Waals surface area contributed by atoms with Crippen LogP contribution >= 0.6 is 55.8 Å². The molecule has 1 aliphatic rings. The molecule has 0 spiro atoms. The van der Waals surface area contributed by atoms with Crippen molar-refractivity contribution < 1.29 is 9.53 Å². The molecule has 7 heteroatoms. The maximum atomic E-state index is 12.3. The molecular formula is C15H13Br2NO2S2. The minimum atomic E-state index is -0.0870. The zero-order valence-electron chi connectivity index (χ0n) is 11.8. The second-order valence-electron chi connectivity index (χ2n) is 4.33. The monoisotopic (exact) mass is 461 g/mol. The van der Waals surface area contributed by atoms with E-state index < -0.39 is 0 Å². The highest BCUT2D eigenvalue weighted by atomic mass is 79.9. The summed E-state index contributed by atoms with van der Waals surface area (Å²) in [6.07, 6.45) is 3.49. The third-order valence-corrected chi connectivity index (χ3v) is 5.35. The van der Waals surface area contributed by atoms with Crippen molar-refractivity contribution in [3.63, 3.8) is 0 Å². The highest BCUT2D eigenvalue weighted by molar-refractivity contribution is 9.11. The third kappa shape index (κ3) is 3.82. The summed E-state index contributed by atoms with van der Waals surface area (Å²) in [4.78, 5) is 14.4. The number of hydrogen-bond acceptors (Lipinski definition) is 4. The number of carbonyl (C=O) groups is 1. The second kappa shape index (κ2) is 7.77. The van der Waals surface area contributed by atoms with Gasteiger partial charge in [0.15, 0.2) is 0 Å². The summed E-state index contributed by atoms with van der Waals surface area (Å²) < 4.78 is 7.77. The van der Waals surface area contributed by atoms with Gasteiger partial charge >= 0.3 is 0 Å². The Kier molecular flexibility index (Phi) is 6.26. The van der Waals surface area contributed by atoms with Crippen LogP contribution in [-0.4, -0.2) is 28.3 Å². The van der Waals surface area contributed by atoms with E-state index in [-0.39, 0.29) is 5.91 Å². The zero-order chi connectivity index (χ0) is 16.3. The molecule has 2 rings (SSSR count). The predicted octanol–water partition coefficient (Wildman–Crippen LogP) is 5.00. The smallest absolute Gasteiger partial charge is 0.266 e. The number of rotatable bonds is 5. The van der Waals surface area contributed by atoms with Gasteiger partial charge in [-0.1, -0.05) is 30.1 Å². The van der Waals surface area contributed by atoms with E-state index in [0.29, 0.717) is 22.4 Å². The Labute approximate surface area is 156 Å². The largest absolute Gasteiger partial charge is 0.492 e. The lowest BCUT2D eigenvalue weighted by atomic mass is 10.2. The van der Waals surface area contributed by atoms with Gasteiger partial charge in [-0.15, -0.1) is 6.58 Å². The predicted molar refractivity (Wildman–Crippen MR) is 103 cm³/mol. The molecule has 22 heavy (non-hydrogen) atoms. The van der Waals surface area contributed by atoms with Gasteiger partial charge in [0.05, 0.1) is 20.5 Å². The van der Waals surface area contributed by atoms with Crippen molar-refractivity contribution in [3.05, 3.63) is 44.2 Å². The maximum Gasteiger partial charge on any atom is 0.266 e. The van der Waals surface area contributed by atoms with E-state index >= 15 is 0 Å². The minimum Gasteiger partial charge on any atom is -0.492 e. The quantitative estimate of drug-likeness (QED) is 0.350. The van der Waals surface area contributed by atoms with Crippen molar-refractivity contribution in [2.24, 2.45) is 0 Å². The Bertz CT molecular complexity index is 651. The highest BCUT2D eigenvalue weighted by Crippen LogP contribution is 2.37. The fourth-order valence-electron chi connectivity index (χ4n) is 1.88. The molecule has 1 fully saturated rings. The van der Waals surface area contributed by atoms with Crippen molar-refractivity contribution in [3.8, 4) is 5.75 Å². The number of amides is 1. The topological polar surface area (TPSA) is 29.5 Å². The van der Waals surface area contributed by atoms with Crippen molar-refractivity contribution >= 4 is 72.1 Å². The van der Waals surface area contributed by atoms with Crippen molar-refractivity contribution in [2.45, 2.75) is 6.92 Å². The molecule has 0 bridgehead atoms. The molecule has 0 unspecified atom stereocenters. The lowest BCUT2D eigenvalue weighted by Crippen LogP contribution is -2.27. The average Bonchev–Trinajstić information content (AvgIpc) is 2.71. The highest BCUT2D eigenvalue weighted by Gasteiger charge is 2.31. The van der Waals surface area contributed by atoms with Crippen LogP contribution in [0.15, 0.2) is 38.6 Å². The van der Waals surface area contributed by atoms with Crippen LogP contribution < -0.4 is 4.74 Å².